The number of nitrogens with one attached hydrogen (secondary N) is 1. The van der Waals surface area contributed by atoms with Crippen molar-refractivity contribution in [3.05, 3.63) is 60.0 Å². The van der Waals surface area contributed by atoms with Gasteiger partial charge in [0.15, 0.2) is 0 Å². The van der Waals surface area contributed by atoms with Crippen molar-refractivity contribution in [2.24, 2.45) is 0 Å². The number of rotatable bonds is 4. The van der Waals surface area contributed by atoms with Crippen LogP contribution < -0.4 is 15.1 Å². The number of piperazine rings is 1. The lowest BCUT2D eigenvalue weighted by Crippen LogP contribution is -2.47. The summed E-state index contributed by atoms with van der Waals surface area (Å²) in [6, 6.07) is 12.1. The van der Waals surface area contributed by atoms with Crippen LogP contribution in [0.5, 0.6) is 0 Å². The Kier molecular flexibility index (Phi) is 4.82. The third-order valence-corrected chi connectivity index (χ3v) is 4.56. The zero-order valence-electron chi connectivity index (χ0n) is 15.6. The molecule has 1 fully saturated rings. The van der Waals surface area contributed by atoms with Crippen LogP contribution in [-0.4, -0.2) is 46.1 Å². The van der Waals surface area contributed by atoms with Crippen LogP contribution in [0.4, 0.5) is 23.4 Å². The fraction of sp³-hybridized carbons (Fsp3) is 0.300. The highest BCUT2D eigenvalue weighted by Crippen LogP contribution is 2.20. The second-order valence-electron chi connectivity index (χ2n) is 6.71. The van der Waals surface area contributed by atoms with Crippen LogP contribution in [0.1, 0.15) is 11.3 Å². The van der Waals surface area contributed by atoms with E-state index in [9.17, 15) is 0 Å². The standard InChI is InChI=1S/C20H23N7/c1-15-4-6-17(7-5-15)24-18-14-16(2)23-20(25-18)27-12-10-26(11-13-27)19-21-8-3-9-22-19/h3-9,14H,10-13H2,1-2H3,(H,23,24,25). The number of nitrogens with zero attached hydrogens (tertiary/aromatic N) is 6. The van der Waals surface area contributed by atoms with E-state index in [1.54, 1.807) is 12.4 Å². The van der Waals surface area contributed by atoms with Crippen molar-refractivity contribution < 1.29 is 0 Å². The molecule has 138 valence electrons. The lowest BCUT2D eigenvalue weighted by atomic mass is 10.2. The molecular weight excluding hydrogens is 338 g/mol. The van der Waals surface area contributed by atoms with E-state index in [0.717, 1.165) is 55.3 Å². The molecule has 0 bridgehead atoms. The zero-order valence-corrected chi connectivity index (χ0v) is 15.6. The van der Waals surface area contributed by atoms with Crippen molar-refractivity contribution in [1.82, 2.24) is 19.9 Å². The van der Waals surface area contributed by atoms with Crippen molar-refractivity contribution >= 4 is 23.4 Å². The van der Waals surface area contributed by atoms with E-state index in [4.69, 9.17) is 4.98 Å². The molecule has 2 aromatic heterocycles. The topological polar surface area (TPSA) is 70.1 Å². The minimum Gasteiger partial charge on any atom is -0.340 e. The van der Waals surface area contributed by atoms with Crippen molar-refractivity contribution in [3.8, 4) is 0 Å². The Bertz CT molecular complexity index is 888. The Balaban J connectivity index is 1.46. The van der Waals surface area contributed by atoms with Crippen LogP contribution in [0.2, 0.25) is 0 Å². The van der Waals surface area contributed by atoms with Crippen LogP contribution >= 0.6 is 0 Å². The molecule has 0 spiro atoms. The van der Waals surface area contributed by atoms with E-state index in [1.165, 1.54) is 5.56 Å². The van der Waals surface area contributed by atoms with Crippen molar-refractivity contribution in [2.45, 2.75) is 13.8 Å². The minimum absolute atomic E-state index is 0.762. The third-order valence-electron chi connectivity index (χ3n) is 4.56. The van der Waals surface area contributed by atoms with Gasteiger partial charge in [0.2, 0.25) is 11.9 Å². The van der Waals surface area contributed by atoms with Gasteiger partial charge in [-0.25, -0.2) is 15.0 Å². The zero-order chi connectivity index (χ0) is 18.6. The molecule has 0 unspecified atom stereocenters. The highest BCUT2D eigenvalue weighted by Gasteiger charge is 2.21. The first kappa shape index (κ1) is 17.2. The molecular formula is C20H23N7. The Hall–Kier alpha value is -3.22. The lowest BCUT2D eigenvalue weighted by molar-refractivity contribution is 0.627. The summed E-state index contributed by atoms with van der Waals surface area (Å²) in [5.41, 5.74) is 3.21. The summed E-state index contributed by atoms with van der Waals surface area (Å²) in [5, 5.41) is 3.38. The highest BCUT2D eigenvalue weighted by molar-refractivity contribution is 5.58. The van der Waals surface area contributed by atoms with Gasteiger partial charge in [0.05, 0.1) is 0 Å². The number of anilines is 4. The van der Waals surface area contributed by atoms with Gasteiger partial charge >= 0.3 is 0 Å². The molecule has 7 nitrogen and oxygen atoms in total. The molecule has 4 rings (SSSR count). The maximum atomic E-state index is 4.73. The van der Waals surface area contributed by atoms with Gasteiger partial charge in [-0.1, -0.05) is 17.7 Å². The second kappa shape index (κ2) is 7.57. The average molecular weight is 361 g/mol. The molecule has 3 aromatic rings. The molecule has 3 heterocycles. The van der Waals surface area contributed by atoms with Gasteiger partial charge in [-0.15, -0.1) is 0 Å². The number of aryl methyl sites for hydroxylation is 2. The minimum atomic E-state index is 0.762. The van der Waals surface area contributed by atoms with Crippen LogP contribution in [0.15, 0.2) is 48.8 Å². The summed E-state index contributed by atoms with van der Waals surface area (Å²) in [7, 11) is 0. The van der Waals surface area contributed by atoms with Crippen molar-refractivity contribution in [3.63, 3.8) is 0 Å². The number of aromatic nitrogens is 4. The van der Waals surface area contributed by atoms with Gasteiger partial charge in [-0.3, -0.25) is 0 Å². The summed E-state index contributed by atoms with van der Waals surface area (Å²) < 4.78 is 0. The van der Waals surface area contributed by atoms with Gasteiger partial charge in [0.1, 0.15) is 5.82 Å². The number of hydrogen-bond acceptors (Lipinski definition) is 7. The van der Waals surface area contributed by atoms with Crippen LogP contribution in [0, 0.1) is 13.8 Å². The van der Waals surface area contributed by atoms with Crippen LogP contribution in [-0.2, 0) is 0 Å². The van der Waals surface area contributed by atoms with Crippen molar-refractivity contribution in [1.29, 1.82) is 0 Å². The monoisotopic (exact) mass is 361 g/mol. The predicted octanol–water partition coefficient (Wildman–Crippen LogP) is 2.95. The molecule has 0 amide bonds. The molecule has 1 aliphatic rings. The van der Waals surface area contributed by atoms with E-state index < -0.39 is 0 Å². The molecule has 1 aromatic carbocycles. The molecule has 0 aliphatic carbocycles. The summed E-state index contributed by atoms with van der Waals surface area (Å²) >= 11 is 0. The Morgan fingerprint density at radius 2 is 1.44 bits per heavy atom. The normalized spacial score (nSPS) is 14.3. The largest absolute Gasteiger partial charge is 0.340 e. The maximum Gasteiger partial charge on any atom is 0.227 e. The summed E-state index contributed by atoms with van der Waals surface area (Å²) in [5.74, 6) is 2.36. The van der Waals surface area contributed by atoms with Gasteiger partial charge in [-0.2, -0.15) is 4.98 Å². The van der Waals surface area contributed by atoms with E-state index in [2.05, 4.69) is 61.3 Å². The second-order valence-corrected chi connectivity index (χ2v) is 6.71. The molecule has 0 saturated carbocycles. The first-order valence-electron chi connectivity index (χ1n) is 9.14. The van der Waals surface area contributed by atoms with Crippen LogP contribution in [0.25, 0.3) is 0 Å². The first-order chi connectivity index (χ1) is 13.2. The molecule has 1 saturated heterocycles. The van der Waals surface area contributed by atoms with Gasteiger partial charge < -0.3 is 15.1 Å². The Morgan fingerprint density at radius 1 is 0.815 bits per heavy atom. The lowest BCUT2D eigenvalue weighted by Gasteiger charge is -2.34. The van der Waals surface area contributed by atoms with Gasteiger partial charge in [0, 0.05) is 56.0 Å². The molecule has 27 heavy (non-hydrogen) atoms. The Labute approximate surface area is 159 Å². The van der Waals surface area contributed by atoms with E-state index in [-0.39, 0.29) is 0 Å². The number of hydrogen-bond donors (Lipinski definition) is 1. The predicted molar refractivity (Wildman–Crippen MR) is 108 cm³/mol. The van der Waals surface area contributed by atoms with E-state index >= 15 is 0 Å². The Morgan fingerprint density at radius 3 is 2.11 bits per heavy atom. The summed E-state index contributed by atoms with van der Waals surface area (Å²) in [6.07, 6.45) is 3.56. The highest BCUT2D eigenvalue weighted by atomic mass is 15.4. The van der Waals surface area contributed by atoms with Crippen LogP contribution in [0.3, 0.4) is 0 Å². The van der Waals surface area contributed by atoms with Crippen molar-refractivity contribution in [2.75, 3.05) is 41.3 Å². The molecule has 7 heteroatoms. The fourth-order valence-electron chi connectivity index (χ4n) is 3.10. The fourth-order valence-corrected chi connectivity index (χ4v) is 3.10. The number of benzene rings is 1. The molecule has 0 radical (unpaired) electrons. The first-order valence-corrected chi connectivity index (χ1v) is 9.14. The van der Waals surface area contributed by atoms with Gasteiger partial charge in [0.25, 0.3) is 0 Å². The SMILES string of the molecule is Cc1ccc(Nc2cc(C)nc(N3CCN(c4ncccn4)CC3)n2)cc1. The maximum absolute atomic E-state index is 4.73. The summed E-state index contributed by atoms with van der Waals surface area (Å²) in [4.78, 5) is 22.4. The third kappa shape index (κ3) is 4.13. The smallest absolute Gasteiger partial charge is 0.227 e. The quantitative estimate of drug-likeness (QED) is 0.766. The average Bonchev–Trinajstić information content (AvgIpc) is 2.70. The van der Waals surface area contributed by atoms with E-state index in [0.29, 0.717) is 0 Å². The van der Waals surface area contributed by atoms with E-state index in [1.807, 2.05) is 19.1 Å². The van der Waals surface area contributed by atoms with Gasteiger partial charge in [-0.05, 0) is 32.0 Å². The molecule has 0 atom stereocenters. The summed E-state index contributed by atoms with van der Waals surface area (Å²) in [6.45, 7) is 7.46. The molecule has 1 aliphatic heterocycles. The molecule has 1 N–H and O–H groups in total.